The number of benzene rings is 1. The fourth-order valence-electron chi connectivity index (χ4n) is 2.02. The van der Waals surface area contributed by atoms with E-state index in [0.29, 0.717) is 25.0 Å². The molecule has 0 atom stereocenters. The standard InChI is InChI=1S/C15H23NO3/c1-4-15(5-2,11-17)16-14(18)13-9-7-6-8-12(13)10-19-3/h6-9,17H,4-5,10-11H2,1-3H3,(H,16,18). The molecule has 1 aromatic rings. The van der Waals surface area contributed by atoms with Crippen LogP contribution in [0.2, 0.25) is 0 Å². The van der Waals surface area contributed by atoms with Gasteiger partial charge in [0.05, 0.1) is 18.8 Å². The second kappa shape index (κ2) is 7.26. The fourth-order valence-corrected chi connectivity index (χ4v) is 2.02. The molecule has 0 fully saturated rings. The molecule has 1 aromatic carbocycles. The second-order valence-electron chi connectivity index (χ2n) is 4.69. The van der Waals surface area contributed by atoms with Crippen LogP contribution in [0, 0.1) is 0 Å². The number of hydrogen-bond acceptors (Lipinski definition) is 3. The number of carbonyl (C=O) groups excluding carboxylic acids is 1. The minimum Gasteiger partial charge on any atom is -0.394 e. The lowest BCUT2D eigenvalue weighted by molar-refractivity contribution is 0.0813. The number of ether oxygens (including phenoxy) is 1. The monoisotopic (exact) mass is 265 g/mol. The number of aliphatic hydroxyl groups excluding tert-OH is 1. The maximum atomic E-state index is 12.4. The molecule has 0 saturated carbocycles. The molecular formula is C15H23NO3. The SMILES string of the molecule is CCC(CC)(CO)NC(=O)c1ccccc1COC. The third kappa shape index (κ3) is 3.78. The molecule has 0 bridgehead atoms. The average molecular weight is 265 g/mol. The summed E-state index contributed by atoms with van der Waals surface area (Å²) in [6.07, 6.45) is 1.39. The Morgan fingerprint density at radius 1 is 1.32 bits per heavy atom. The lowest BCUT2D eigenvalue weighted by atomic mass is 9.93. The van der Waals surface area contributed by atoms with Crippen LogP contribution in [0.1, 0.15) is 42.6 Å². The molecule has 19 heavy (non-hydrogen) atoms. The zero-order valence-corrected chi connectivity index (χ0v) is 11.9. The highest BCUT2D eigenvalue weighted by Crippen LogP contribution is 2.17. The molecule has 4 heteroatoms. The predicted octanol–water partition coefficient (Wildman–Crippen LogP) is 2.11. The van der Waals surface area contributed by atoms with Gasteiger partial charge in [-0.25, -0.2) is 0 Å². The topological polar surface area (TPSA) is 58.6 Å². The summed E-state index contributed by atoms with van der Waals surface area (Å²) in [6, 6.07) is 7.35. The van der Waals surface area contributed by atoms with Gasteiger partial charge in [-0.15, -0.1) is 0 Å². The third-order valence-electron chi connectivity index (χ3n) is 3.60. The molecule has 4 nitrogen and oxygen atoms in total. The molecule has 106 valence electrons. The van der Waals surface area contributed by atoms with Crippen molar-refractivity contribution in [1.29, 1.82) is 0 Å². The van der Waals surface area contributed by atoms with E-state index in [0.717, 1.165) is 5.56 Å². The Labute approximate surface area is 114 Å². The van der Waals surface area contributed by atoms with Crippen LogP contribution in [-0.2, 0) is 11.3 Å². The Balaban J connectivity index is 2.94. The number of aliphatic hydroxyl groups is 1. The number of hydrogen-bond donors (Lipinski definition) is 2. The van der Waals surface area contributed by atoms with E-state index in [4.69, 9.17) is 4.74 Å². The normalized spacial score (nSPS) is 11.4. The van der Waals surface area contributed by atoms with Gasteiger partial charge in [0.2, 0.25) is 0 Å². The van der Waals surface area contributed by atoms with Gasteiger partial charge in [0.25, 0.3) is 5.91 Å². The van der Waals surface area contributed by atoms with Crippen molar-refractivity contribution < 1.29 is 14.6 Å². The summed E-state index contributed by atoms with van der Waals surface area (Å²) in [4.78, 5) is 12.4. The summed E-state index contributed by atoms with van der Waals surface area (Å²) in [5, 5.41) is 12.5. The Morgan fingerprint density at radius 3 is 2.47 bits per heavy atom. The van der Waals surface area contributed by atoms with E-state index in [2.05, 4.69) is 5.32 Å². The minimum absolute atomic E-state index is 0.0574. The molecule has 0 aliphatic rings. The van der Waals surface area contributed by atoms with Crippen LogP contribution in [0.25, 0.3) is 0 Å². The van der Waals surface area contributed by atoms with Gasteiger partial charge >= 0.3 is 0 Å². The zero-order chi connectivity index (χ0) is 14.3. The first-order valence-electron chi connectivity index (χ1n) is 6.62. The van der Waals surface area contributed by atoms with Gasteiger partial charge in [0.15, 0.2) is 0 Å². The maximum Gasteiger partial charge on any atom is 0.252 e. The first-order valence-corrected chi connectivity index (χ1v) is 6.62. The lowest BCUT2D eigenvalue weighted by Gasteiger charge is -2.31. The first kappa shape index (κ1) is 15.7. The highest BCUT2D eigenvalue weighted by molar-refractivity contribution is 5.96. The minimum atomic E-state index is -0.544. The van der Waals surface area contributed by atoms with E-state index < -0.39 is 5.54 Å². The highest BCUT2D eigenvalue weighted by atomic mass is 16.5. The zero-order valence-electron chi connectivity index (χ0n) is 11.9. The smallest absolute Gasteiger partial charge is 0.252 e. The van der Waals surface area contributed by atoms with Crippen molar-refractivity contribution in [3.8, 4) is 0 Å². The number of methoxy groups -OCH3 is 1. The molecule has 1 amide bonds. The van der Waals surface area contributed by atoms with Crippen molar-refractivity contribution >= 4 is 5.91 Å². The van der Waals surface area contributed by atoms with Crippen LogP contribution in [0.15, 0.2) is 24.3 Å². The lowest BCUT2D eigenvalue weighted by Crippen LogP contribution is -2.50. The fraction of sp³-hybridized carbons (Fsp3) is 0.533. The summed E-state index contributed by atoms with van der Waals surface area (Å²) >= 11 is 0. The van der Waals surface area contributed by atoms with E-state index in [-0.39, 0.29) is 12.5 Å². The molecular weight excluding hydrogens is 242 g/mol. The molecule has 2 N–H and O–H groups in total. The van der Waals surface area contributed by atoms with E-state index in [1.165, 1.54) is 0 Å². The van der Waals surface area contributed by atoms with E-state index >= 15 is 0 Å². The average Bonchev–Trinajstić information content (AvgIpc) is 2.46. The van der Waals surface area contributed by atoms with Gasteiger partial charge in [-0.1, -0.05) is 32.0 Å². The van der Waals surface area contributed by atoms with Crippen LogP contribution in [0.3, 0.4) is 0 Å². The van der Waals surface area contributed by atoms with Gasteiger partial charge in [-0.2, -0.15) is 0 Å². The molecule has 0 spiro atoms. The Morgan fingerprint density at radius 2 is 1.95 bits per heavy atom. The van der Waals surface area contributed by atoms with E-state index in [9.17, 15) is 9.90 Å². The number of nitrogens with one attached hydrogen (secondary N) is 1. The molecule has 1 rings (SSSR count). The van der Waals surface area contributed by atoms with Gasteiger partial charge in [0, 0.05) is 12.7 Å². The maximum absolute atomic E-state index is 12.4. The van der Waals surface area contributed by atoms with E-state index in [1.807, 2.05) is 32.0 Å². The third-order valence-corrected chi connectivity index (χ3v) is 3.60. The molecule has 0 saturated heterocycles. The van der Waals surface area contributed by atoms with Crippen molar-refractivity contribution in [2.45, 2.75) is 38.8 Å². The summed E-state index contributed by atoms with van der Waals surface area (Å²) in [5.41, 5.74) is 0.905. The van der Waals surface area contributed by atoms with Crippen molar-refractivity contribution in [3.05, 3.63) is 35.4 Å². The summed E-state index contributed by atoms with van der Waals surface area (Å²) in [5.74, 6) is -0.162. The largest absolute Gasteiger partial charge is 0.394 e. The van der Waals surface area contributed by atoms with Gasteiger partial charge in [0.1, 0.15) is 0 Å². The molecule has 0 heterocycles. The Bertz CT molecular complexity index is 405. The number of carbonyl (C=O) groups is 1. The predicted molar refractivity (Wildman–Crippen MR) is 75.0 cm³/mol. The molecule has 0 aromatic heterocycles. The van der Waals surface area contributed by atoms with Crippen molar-refractivity contribution in [2.75, 3.05) is 13.7 Å². The number of rotatable bonds is 7. The Kier molecular flexibility index (Phi) is 5.99. The highest BCUT2D eigenvalue weighted by Gasteiger charge is 2.28. The summed E-state index contributed by atoms with van der Waals surface area (Å²) in [6.45, 7) is 4.26. The second-order valence-corrected chi connectivity index (χ2v) is 4.69. The molecule has 0 aliphatic carbocycles. The van der Waals surface area contributed by atoms with Crippen molar-refractivity contribution in [3.63, 3.8) is 0 Å². The van der Waals surface area contributed by atoms with E-state index in [1.54, 1.807) is 13.2 Å². The summed E-state index contributed by atoms with van der Waals surface area (Å²) in [7, 11) is 1.60. The first-order chi connectivity index (χ1) is 9.12. The van der Waals surface area contributed by atoms with Crippen molar-refractivity contribution in [1.82, 2.24) is 5.32 Å². The summed E-state index contributed by atoms with van der Waals surface area (Å²) < 4.78 is 5.10. The quantitative estimate of drug-likeness (QED) is 0.794. The van der Waals surface area contributed by atoms with Crippen molar-refractivity contribution in [2.24, 2.45) is 0 Å². The van der Waals surface area contributed by atoms with Gasteiger partial charge in [-0.05, 0) is 24.5 Å². The van der Waals surface area contributed by atoms with Gasteiger partial charge < -0.3 is 15.2 Å². The molecule has 0 radical (unpaired) electrons. The van der Waals surface area contributed by atoms with Crippen LogP contribution in [-0.4, -0.2) is 30.3 Å². The van der Waals surface area contributed by atoms with Gasteiger partial charge in [-0.3, -0.25) is 4.79 Å². The van der Waals surface area contributed by atoms with Crippen LogP contribution in [0.5, 0.6) is 0 Å². The molecule has 0 unspecified atom stereocenters. The number of amides is 1. The Hall–Kier alpha value is -1.39. The van der Waals surface area contributed by atoms with Crippen LogP contribution >= 0.6 is 0 Å². The van der Waals surface area contributed by atoms with Crippen LogP contribution in [0.4, 0.5) is 0 Å². The molecule has 0 aliphatic heterocycles. The van der Waals surface area contributed by atoms with Crippen LogP contribution < -0.4 is 5.32 Å².